The van der Waals surface area contributed by atoms with Crippen LogP contribution in [0.3, 0.4) is 0 Å². The van der Waals surface area contributed by atoms with E-state index in [2.05, 4.69) is 44.9 Å². The third-order valence-corrected chi connectivity index (χ3v) is 3.83. The smallest absolute Gasteiger partial charge is 0.246 e. The highest BCUT2D eigenvalue weighted by atomic mass is 35.5. The van der Waals surface area contributed by atoms with Gasteiger partial charge in [0.05, 0.1) is 11.0 Å². The summed E-state index contributed by atoms with van der Waals surface area (Å²) in [6.45, 7) is 4.75. The van der Waals surface area contributed by atoms with E-state index in [9.17, 15) is 0 Å². The first-order valence-electron chi connectivity index (χ1n) is 7.64. The Kier molecular flexibility index (Phi) is 5.74. The highest BCUT2D eigenvalue weighted by molar-refractivity contribution is 5.85. The number of fused-ring (bicyclic) bond motifs is 1. The maximum absolute atomic E-state index is 5.39. The van der Waals surface area contributed by atoms with Crippen LogP contribution in [-0.4, -0.2) is 32.8 Å². The molecule has 1 aromatic carbocycles. The van der Waals surface area contributed by atoms with Crippen molar-refractivity contribution in [2.45, 2.75) is 39.3 Å². The molecule has 0 aliphatic carbocycles. The maximum Gasteiger partial charge on any atom is 0.246 e. The Morgan fingerprint density at radius 2 is 2.04 bits per heavy atom. The molecule has 0 spiro atoms. The van der Waals surface area contributed by atoms with E-state index >= 15 is 0 Å². The number of aryl methyl sites for hydroxylation is 1. The molecule has 3 rings (SSSR count). The molecule has 7 heteroatoms. The van der Waals surface area contributed by atoms with E-state index in [1.807, 2.05) is 25.2 Å². The summed E-state index contributed by atoms with van der Waals surface area (Å²) in [7, 11) is 1.93. The predicted octanol–water partition coefficient (Wildman–Crippen LogP) is 2.60. The van der Waals surface area contributed by atoms with Gasteiger partial charge >= 0.3 is 0 Å². The number of hydrogen-bond donors (Lipinski definition) is 1. The third kappa shape index (κ3) is 3.71. The van der Waals surface area contributed by atoms with Gasteiger partial charge in [-0.3, -0.25) is 0 Å². The second-order valence-corrected chi connectivity index (χ2v) is 5.45. The fraction of sp³-hybridized carbons (Fsp3) is 0.438. The topological polar surface area (TPSA) is 68.8 Å². The number of halogens is 1. The monoisotopic (exact) mass is 335 g/mol. The zero-order chi connectivity index (χ0) is 15.5. The van der Waals surface area contributed by atoms with E-state index in [1.54, 1.807) is 0 Å². The molecule has 3 aromatic rings. The molecule has 0 aliphatic heterocycles. The number of aromatic nitrogens is 4. The standard InChI is InChI=1S/C16H21N5O.ClH/c1-4-15-18-12-7-5-6-8-13(12)21(15)10-16-19-14(20-22-16)9-11(2)17-3;/h5-8,11,17H,4,9-10H2,1-3H3;1H. The van der Waals surface area contributed by atoms with Gasteiger partial charge in [0.25, 0.3) is 0 Å². The van der Waals surface area contributed by atoms with Crippen LogP contribution in [0.15, 0.2) is 28.8 Å². The first-order chi connectivity index (χ1) is 10.7. The van der Waals surface area contributed by atoms with Crippen LogP contribution in [0.4, 0.5) is 0 Å². The fourth-order valence-corrected chi connectivity index (χ4v) is 2.52. The second-order valence-electron chi connectivity index (χ2n) is 5.45. The van der Waals surface area contributed by atoms with Crippen LogP contribution >= 0.6 is 12.4 Å². The maximum atomic E-state index is 5.39. The van der Waals surface area contributed by atoms with Crippen LogP contribution in [0, 0.1) is 0 Å². The van der Waals surface area contributed by atoms with Gasteiger partial charge in [-0.15, -0.1) is 12.4 Å². The first-order valence-corrected chi connectivity index (χ1v) is 7.64. The average molecular weight is 336 g/mol. The number of nitrogens with zero attached hydrogens (tertiary/aromatic N) is 4. The summed E-state index contributed by atoms with van der Waals surface area (Å²) < 4.78 is 7.54. The quantitative estimate of drug-likeness (QED) is 0.750. The van der Waals surface area contributed by atoms with E-state index in [4.69, 9.17) is 4.52 Å². The molecule has 1 unspecified atom stereocenters. The van der Waals surface area contributed by atoms with E-state index in [1.165, 1.54) is 0 Å². The Morgan fingerprint density at radius 1 is 1.26 bits per heavy atom. The number of likely N-dealkylation sites (N-methyl/N-ethyl adjacent to an activating group) is 1. The largest absolute Gasteiger partial charge is 0.337 e. The van der Waals surface area contributed by atoms with Gasteiger partial charge in [-0.2, -0.15) is 4.98 Å². The highest BCUT2D eigenvalue weighted by Gasteiger charge is 2.14. The SMILES string of the molecule is CCc1nc2ccccc2n1Cc1nc(CC(C)NC)no1.Cl. The van der Waals surface area contributed by atoms with Crippen molar-refractivity contribution < 1.29 is 4.52 Å². The van der Waals surface area contributed by atoms with Crippen LogP contribution in [0.2, 0.25) is 0 Å². The van der Waals surface area contributed by atoms with E-state index in [-0.39, 0.29) is 12.4 Å². The predicted molar refractivity (Wildman–Crippen MR) is 92.0 cm³/mol. The van der Waals surface area contributed by atoms with Crippen molar-refractivity contribution in [2.75, 3.05) is 7.05 Å². The molecule has 0 bridgehead atoms. The molecule has 0 radical (unpaired) electrons. The lowest BCUT2D eigenvalue weighted by atomic mass is 10.2. The van der Waals surface area contributed by atoms with Crippen molar-refractivity contribution in [2.24, 2.45) is 0 Å². The summed E-state index contributed by atoms with van der Waals surface area (Å²) in [6, 6.07) is 8.45. The van der Waals surface area contributed by atoms with Gasteiger partial charge < -0.3 is 14.4 Å². The van der Waals surface area contributed by atoms with Gasteiger partial charge in [-0.25, -0.2) is 4.98 Å². The number of benzene rings is 1. The van der Waals surface area contributed by atoms with Crippen molar-refractivity contribution in [3.8, 4) is 0 Å². The Morgan fingerprint density at radius 3 is 2.78 bits per heavy atom. The lowest BCUT2D eigenvalue weighted by Gasteiger charge is -2.05. The van der Waals surface area contributed by atoms with Crippen LogP contribution in [0.5, 0.6) is 0 Å². The molecule has 0 saturated carbocycles. The van der Waals surface area contributed by atoms with Crippen LogP contribution in [0.25, 0.3) is 11.0 Å². The number of rotatable bonds is 6. The number of nitrogens with one attached hydrogen (secondary N) is 1. The number of para-hydroxylation sites is 2. The number of hydrogen-bond acceptors (Lipinski definition) is 5. The second kappa shape index (κ2) is 7.57. The average Bonchev–Trinajstić information content (AvgIpc) is 3.12. The molecule has 6 nitrogen and oxygen atoms in total. The first kappa shape index (κ1) is 17.4. The molecule has 23 heavy (non-hydrogen) atoms. The van der Waals surface area contributed by atoms with Gasteiger partial charge in [0.2, 0.25) is 5.89 Å². The van der Waals surface area contributed by atoms with Gasteiger partial charge in [0.1, 0.15) is 12.4 Å². The third-order valence-electron chi connectivity index (χ3n) is 3.83. The molecule has 0 fully saturated rings. The normalized spacial score (nSPS) is 12.3. The summed E-state index contributed by atoms with van der Waals surface area (Å²) in [6.07, 6.45) is 1.62. The zero-order valence-corrected chi connectivity index (χ0v) is 14.4. The molecule has 1 atom stereocenters. The van der Waals surface area contributed by atoms with Crippen LogP contribution in [0.1, 0.15) is 31.4 Å². The number of imidazole rings is 1. The Bertz CT molecular complexity index is 767. The summed E-state index contributed by atoms with van der Waals surface area (Å²) in [5, 5.41) is 7.23. The summed E-state index contributed by atoms with van der Waals surface area (Å²) >= 11 is 0. The van der Waals surface area contributed by atoms with Gasteiger partial charge in [-0.05, 0) is 26.1 Å². The molecule has 0 aliphatic rings. The molecule has 0 saturated heterocycles. The van der Waals surface area contributed by atoms with E-state index in [0.717, 1.165) is 35.5 Å². The molecule has 0 amide bonds. The molecule has 2 aromatic heterocycles. The van der Waals surface area contributed by atoms with E-state index in [0.29, 0.717) is 18.5 Å². The summed E-state index contributed by atoms with van der Waals surface area (Å²) in [4.78, 5) is 9.15. The lowest BCUT2D eigenvalue weighted by molar-refractivity contribution is 0.364. The molecule has 1 N–H and O–H groups in total. The van der Waals surface area contributed by atoms with Crippen molar-refractivity contribution in [3.63, 3.8) is 0 Å². The Labute approximate surface area is 141 Å². The highest BCUT2D eigenvalue weighted by Crippen LogP contribution is 2.18. The minimum Gasteiger partial charge on any atom is -0.337 e. The minimum absolute atomic E-state index is 0. The van der Waals surface area contributed by atoms with Crippen LogP contribution in [-0.2, 0) is 19.4 Å². The fourth-order valence-electron chi connectivity index (χ4n) is 2.52. The van der Waals surface area contributed by atoms with Crippen molar-refractivity contribution in [1.29, 1.82) is 0 Å². The van der Waals surface area contributed by atoms with Crippen molar-refractivity contribution in [1.82, 2.24) is 25.0 Å². The van der Waals surface area contributed by atoms with Gasteiger partial charge in [-0.1, -0.05) is 24.2 Å². The Balaban J connectivity index is 0.00000192. The summed E-state index contributed by atoms with van der Waals surface area (Å²) in [5.41, 5.74) is 2.10. The zero-order valence-electron chi connectivity index (χ0n) is 13.6. The Hall–Kier alpha value is -1.92. The molecular formula is C16H22ClN5O. The van der Waals surface area contributed by atoms with Crippen molar-refractivity contribution >= 4 is 23.4 Å². The molecular weight excluding hydrogens is 314 g/mol. The lowest BCUT2D eigenvalue weighted by Crippen LogP contribution is -2.24. The van der Waals surface area contributed by atoms with Gasteiger partial charge in [0.15, 0.2) is 5.82 Å². The van der Waals surface area contributed by atoms with E-state index < -0.39 is 0 Å². The van der Waals surface area contributed by atoms with Crippen LogP contribution < -0.4 is 5.32 Å². The summed E-state index contributed by atoms with van der Waals surface area (Å²) in [5.74, 6) is 2.39. The van der Waals surface area contributed by atoms with Gasteiger partial charge in [0, 0.05) is 18.9 Å². The minimum atomic E-state index is 0. The molecule has 2 heterocycles. The molecule has 124 valence electrons. The van der Waals surface area contributed by atoms with Crippen molar-refractivity contribution in [3.05, 3.63) is 41.8 Å².